The molecule has 0 saturated carbocycles. The minimum absolute atomic E-state index is 0.0549. The lowest BCUT2D eigenvalue weighted by molar-refractivity contribution is -0.158. The van der Waals surface area contributed by atoms with Gasteiger partial charge in [0.2, 0.25) is 11.2 Å². The monoisotopic (exact) mass is 853 g/mol. The first kappa shape index (κ1) is 42.0. The molecule has 0 radical (unpaired) electrons. The Kier molecular flexibility index (Phi) is 11.2. The Balaban J connectivity index is 0.901. The second kappa shape index (κ2) is 16.3. The molecule has 4 saturated heterocycles. The van der Waals surface area contributed by atoms with E-state index in [1.807, 2.05) is 11.0 Å². The lowest BCUT2D eigenvalue weighted by atomic mass is 9.92. The van der Waals surface area contributed by atoms with Gasteiger partial charge >= 0.3 is 11.9 Å². The number of nitrogen functional groups attached to an aromatic ring is 2. The van der Waals surface area contributed by atoms with Gasteiger partial charge in [0.05, 0.1) is 29.8 Å². The van der Waals surface area contributed by atoms with Gasteiger partial charge in [-0.05, 0) is 38.8 Å². The Morgan fingerprint density at radius 1 is 0.820 bits per heavy atom. The number of carbonyl (C=O) groups is 2. The fraction of sp³-hybridized carbons (Fsp3) is 0.568. The summed E-state index contributed by atoms with van der Waals surface area (Å²) in [6, 6.07) is 5.44. The number of nitriles is 2. The average molecular weight is 854 g/mol. The van der Waals surface area contributed by atoms with Crippen LogP contribution in [0.25, 0.3) is 11.0 Å². The number of rotatable bonds is 10. The number of aromatic nitrogens is 6. The van der Waals surface area contributed by atoms with Gasteiger partial charge in [-0.1, -0.05) is 0 Å². The molecule has 4 aromatic heterocycles. The van der Waals surface area contributed by atoms with E-state index in [0.29, 0.717) is 52.0 Å². The van der Waals surface area contributed by atoms with Crippen LogP contribution in [0.15, 0.2) is 18.5 Å². The number of likely N-dealkylation sites (tertiary alicyclic amines) is 1. The number of ether oxygens (including phenoxy) is 5. The van der Waals surface area contributed by atoms with Crippen molar-refractivity contribution in [3.05, 3.63) is 47.3 Å². The maximum atomic E-state index is 15.4. The van der Waals surface area contributed by atoms with Crippen molar-refractivity contribution in [3.63, 3.8) is 0 Å². The molecule has 24 heteroatoms. The van der Waals surface area contributed by atoms with Gasteiger partial charge in [-0.3, -0.25) is 14.5 Å². The molecule has 324 valence electrons. The molecule has 8 rings (SSSR count). The zero-order valence-electron chi connectivity index (χ0n) is 32.2. The van der Waals surface area contributed by atoms with Gasteiger partial charge in [0.25, 0.3) is 0 Å². The van der Waals surface area contributed by atoms with E-state index >= 15 is 4.39 Å². The smallest absolute Gasteiger partial charge is 0.309 e. The summed E-state index contributed by atoms with van der Waals surface area (Å²) in [6.45, 7) is 0.460. The van der Waals surface area contributed by atoms with Crippen molar-refractivity contribution in [2.75, 3.05) is 51.0 Å². The van der Waals surface area contributed by atoms with Crippen LogP contribution in [0.5, 0.6) is 0 Å². The molecule has 0 aliphatic carbocycles. The fourth-order valence-electron chi connectivity index (χ4n) is 8.41. The lowest BCUT2D eigenvalue weighted by Gasteiger charge is -2.30. The molecule has 4 fully saturated rings. The molecule has 4 aromatic rings. The molecular formula is C37H41F2N11O11. The molecule has 0 unspecified atom stereocenters. The Bertz CT molecular complexity index is 2430. The summed E-state index contributed by atoms with van der Waals surface area (Å²) in [5, 5.41) is 72.7. The van der Waals surface area contributed by atoms with Crippen molar-refractivity contribution in [3.8, 4) is 12.1 Å². The summed E-state index contributed by atoms with van der Waals surface area (Å²) in [4.78, 5) is 35.7. The van der Waals surface area contributed by atoms with E-state index in [-0.39, 0.29) is 46.4 Å². The largest absolute Gasteiger partial charge is 0.463 e. The Morgan fingerprint density at radius 2 is 1.33 bits per heavy atom. The van der Waals surface area contributed by atoms with Gasteiger partial charge < -0.3 is 55.6 Å². The zero-order valence-corrected chi connectivity index (χ0v) is 32.2. The molecule has 4 aliphatic heterocycles. The van der Waals surface area contributed by atoms with Crippen molar-refractivity contribution in [1.29, 1.82) is 10.5 Å². The quantitative estimate of drug-likeness (QED) is 0.0970. The van der Waals surface area contributed by atoms with Gasteiger partial charge in [-0.2, -0.15) is 20.7 Å². The number of piperidine rings is 1. The third-order valence-electron chi connectivity index (χ3n) is 11.8. The molecule has 61 heavy (non-hydrogen) atoms. The third kappa shape index (κ3) is 7.13. The molecule has 0 amide bonds. The third-order valence-corrected chi connectivity index (χ3v) is 11.8. The number of anilines is 2. The first-order valence-corrected chi connectivity index (χ1v) is 19.4. The van der Waals surface area contributed by atoms with Crippen LogP contribution in [0.2, 0.25) is 0 Å². The summed E-state index contributed by atoms with van der Waals surface area (Å²) in [6.07, 6.45) is -7.44. The number of nitrogens with two attached hydrogens (primary N) is 2. The van der Waals surface area contributed by atoms with Gasteiger partial charge in [-0.15, -0.1) is 0 Å². The highest BCUT2D eigenvalue weighted by molar-refractivity contribution is 5.73. The summed E-state index contributed by atoms with van der Waals surface area (Å²) < 4.78 is 60.0. The van der Waals surface area contributed by atoms with Gasteiger partial charge in [-0.25, -0.2) is 27.8 Å². The molecule has 22 nitrogen and oxygen atoms in total. The van der Waals surface area contributed by atoms with Gasteiger partial charge in [0.15, 0.2) is 29.1 Å². The highest BCUT2D eigenvalue weighted by Crippen LogP contribution is 2.43. The topological polar surface area (TPSA) is 324 Å². The number of halogens is 2. The molecule has 0 spiro atoms. The highest BCUT2D eigenvalue weighted by Gasteiger charge is 2.59. The van der Waals surface area contributed by atoms with Crippen molar-refractivity contribution in [2.24, 2.45) is 11.8 Å². The first-order chi connectivity index (χ1) is 29.2. The number of nitrogens with zero attached hydrogens (tertiary/aromatic N) is 9. The van der Waals surface area contributed by atoms with Crippen molar-refractivity contribution >= 4 is 34.6 Å². The SMILES string of the molecule is N#C[C@@]1(c2cc(F)c3c(N)ncnn23)O[C@H](COC(=O)C2CCN(Cc3nc(N)c4c(F)cc([C@]5(C#N)O[C@H](COC(=O)C6CCOCC6)[C@@H](O)[C@H]5O)n4n3)CC2)[C@@H](O)[C@H]1O. The van der Waals surface area contributed by atoms with Crippen LogP contribution in [0, 0.1) is 46.1 Å². The summed E-state index contributed by atoms with van der Waals surface area (Å²) in [5.41, 5.74) is 6.18. The maximum Gasteiger partial charge on any atom is 0.309 e. The number of hydrogen-bond donors (Lipinski definition) is 6. The van der Waals surface area contributed by atoms with Crippen molar-refractivity contribution in [2.45, 2.75) is 80.1 Å². The van der Waals surface area contributed by atoms with Gasteiger partial charge in [0.1, 0.15) is 79.3 Å². The van der Waals surface area contributed by atoms with Crippen LogP contribution >= 0.6 is 0 Å². The number of hydrogen-bond acceptors (Lipinski definition) is 20. The standard InChI is InChI=1S/C37H41F2N11O11/c38-19-9-23(49-26(19)32(42)44-16-45-49)36(14-40)30(53)28(51)21(60-36)12-58-34(55)17-1-5-48(6-2-17)11-25-46-33(43)27-20(39)10-24(50(27)47-25)37(15-41)31(54)29(52)22(61-37)13-59-35(56)18-3-7-57-8-4-18/h9-10,16-18,21-22,28-31,51-54H,1-8,11-13H2,(H2,42,44,45)(H2,43,46,47)/t21-,22-,28-,29-,30-,31-,36+,37+/m1/s1. The van der Waals surface area contributed by atoms with E-state index in [4.69, 9.17) is 35.2 Å². The summed E-state index contributed by atoms with van der Waals surface area (Å²) in [7, 11) is 0. The minimum Gasteiger partial charge on any atom is -0.463 e. The van der Waals surface area contributed by atoms with E-state index in [1.165, 1.54) is 0 Å². The molecule has 8 heterocycles. The number of carbonyl (C=O) groups excluding carboxylic acids is 2. The van der Waals surface area contributed by atoms with E-state index in [0.717, 1.165) is 27.5 Å². The van der Waals surface area contributed by atoms with Crippen molar-refractivity contribution in [1.82, 2.24) is 34.1 Å². The molecule has 0 aromatic carbocycles. The van der Waals surface area contributed by atoms with Crippen LogP contribution in [-0.4, -0.2) is 143 Å². The summed E-state index contributed by atoms with van der Waals surface area (Å²) >= 11 is 0. The molecule has 8 N–H and O–H groups in total. The second-order valence-corrected chi connectivity index (χ2v) is 15.4. The van der Waals surface area contributed by atoms with Gasteiger partial charge in [0, 0.05) is 25.3 Å². The Hall–Kier alpha value is -5.70. The number of aliphatic hydroxyl groups is 4. The Morgan fingerprint density at radius 3 is 1.87 bits per heavy atom. The maximum absolute atomic E-state index is 15.4. The highest BCUT2D eigenvalue weighted by atomic mass is 19.1. The van der Waals surface area contributed by atoms with E-state index in [9.17, 15) is 44.9 Å². The molecule has 8 atom stereocenters. The number of aliphatic hydroxyl groups excluding tert-OH is 4. The predicted octanol–water partition coefficient (Wildman–Crippen LogP) is -1.68. The molecular weight excluding hydrogens is 812 g/mol. The van der Waals surface area contributed by atoms with Crippen LogP contribution in [0.4, 0.5) is 20.4 Å². The Labute approximate surface area is 343 Å². The van der Waals surface area contributed by atoms with Crippen molar-refractivity contribution < 1.29 is 62.5 Å². The zero-order chi connectivity index (χ0) is 43.4. The minimum atomic E-state index is -2.36. The van der Waals surface area contributed by atoms with Crippen LogP contribution in [0.1, 0.15) is 42.9 Å². The average Bonchev–Trinajstić information content (AvgIpc) is 3.94. The van der Waals surface area contributed by atoms with E-state index in [2.05, 4.69) is 20.2 Å². The normalized spacial score (nSPS) is 30.1. The lowest BCUT2D eigenvalue weighted by Crippen LogP contribution is -2.41. The summed E-state index contributed by atoms with van der Waals surface area (Å²) in [5.74, 6) is -4.45. The number of fused-ring (bicyclic) bond motifs is 2. The molecule has 4 aliphatic rings. The van der Waals surface area contributed by atoms with Crippen LogP contribution in [0.3, 0.4) is 0 Å². The van der Waals surface area contributed by atoms with Crippen LogP contribution in [-0.2, 0) is 51.0 Å². The fourth-order valence-corrected chi connectivity index (χ4v) is 8.41. The predicted molar refractivity (Wildman–Crippen MR) is 197 cm³/mol. The second-order valence-electron chi connectivity index (χ2n) is 15.4. The first-order valence-electron chi connectivity index (χ1n) is 19.4. The van der Waals surface area contributed by atoms with Crippen LogP contribution < -0.4 is 11.5 Å². The van der Waals surface area contributed by atoms with E-state index in [1.54, 1.807) is 6.07 Å². The molecule has 0 bridgehead atoms. The number of esters is 2. The van der Waals surface area contributed by atoms with E-state index < -0.39 is 96.4 Å².